The first kappa shape index (κ1) is 11.3. The Morgan fingerprint density at radius 1 is 1.50 bits per heavy atom. The smallest absolute Gasteiger partial charge is 0.345 e. The number of hydrogen-bond acceptors (Lipinski definition) is 4. The molecule has 0 aliphatic carbocycles. The largest absolute Gasteiger partial charge is 0.385 e. The number of fused-ring (bicyclic) bond motifs is 1. The lowest BCUT2D eigenvalue weighted by atomic mass is 10.3. The highest BCUT2D eigenvalue weighted by atomic mass is 16.5. The second-order valence-electron chi connectivity index (χ2n) is 3.95. The Morgan fingerprint density at radius 2 is 2.38 bits per heavy atom. The summed E-state index contributed by atoms with van der Waals surface area (Å²) < 4.78 is 8.29. The zero-order chi connectivity index (χ0) is 11.4. The normalized spacial score (nSPS) is 15.1. The van der Waals surface area contributed by atoms with Crippen molar-refractivity contribution in [2.24, 2.45) is 0 Å². The molecule has 0 spiro atoms. The summed E-state index contributed by atoms with van der Waals surface area (Å²) in [6.07, 6.45) is 1.89. The van der Waals surface area contributed by atoms with Gasteiger partial charge in [0.15, 0.2) is 0 Å². The van der Waals surface area contributed by atoms with Crippen molar-refractivity contribution in [3.8, 4) is 0 Å². The zero-order valence-electron chi connectivity index (χ0n) is 9.61. The Labute approximate surface area is 94.2 Å². The number of nitrogens with one attached hydrogen (secondary N) is 1. The molecule has 6 heteroatoms. The molecule has 0 saturated carbocycles. The monoisotopic (exact) mass is 226 g/mol. The van der Waals surface area contributed by atoms with E-state index in [-0.39, 0.29) is 5.69 Å². The molecule has 0 fully saturated rings. The molecule has 0 radical (unpaired) electrons. The summed E-state index contributed by atoms with van der Waals surface area (Å²) in [4.78, 5) is 11.9. The summed E-state index contributed by atoms with van der Waals surface area (Å²) in [6, 6.07) is 0. The molecule has 16 heavy (non-hydrogen) atoms. The first-order valence-corrected chi connectivity index (χ1v) is 5.69. The van der Waals surface area contributed by atoms with Crippen molar-refractivity contribution in [2.45, 2.75) is 32.5 Å². The van der Waals surface area contributed by atoms with E-state index in [1.54, 1.807) is 16.4 Å². The lowest BCUT2D eigenvalue weighted by Gasteiger charge is -2.11. The van der Waals surface area contributed by atoms with Gasteiger partial charge in [0.05, 0.1) is 6.54 Å². The second kappa shape index (κ2) is 5.27. The molecule has 6 nitrogen and oxygen atoms in total. The minimum atomic E-state index is 0.0221. The molecule has 0 unspecified atom stereocenters. The van der Waals surface area contributed by atoms with Crippen LogP contribution in [0.15, 0.2) is 4.79 Å². The van der Waals surface area contributed by atoms with Crippen LogP contribution in [0.1, 0.15) is 18.7 Å². The predicted molar refractivity (Wildman–Crippen MR) is 59.3 cm³/mol. The molecule has 2 heterocycles. The molecule has 0 bridgehead atoms. The Morgan fingerprint density at radius 3 is 3.12 bits per heavy atom. The van der Waals surface area contributed by atoms with Crippen molar-refractivity contribution in [2.75, 3.05) is 20.3 Å². The van der Waals surface area contributed by atoms with E-state index in [4.69, 9.17) is 4.74 Å². The molecule has 90 valence electrons. The molecule has 2 rings (SSSR count). The quantitative estimate of drug-likeness (QED) is 0.692. The van der Waals surface area contributed by atoms with Gasteiger partial charge >= 0.3 is 5.69 Å². The summed E-state index contributed by atoms with van der Waals surface area (Å²) >= 11 is 0. The first-order valence-electron chi connectivity index (χ1n) is 5.69. The highest BCUT2D eigenvalue weighted by Crippen LogP contribution is 1.99. The van der Waals surface area contributed by atoms with Crippen LogP contribution in [-0.2, 0) is 24.4 Å². The Bertz CT molecular complexity index is 396. The number of nitrogens with zero attached hydrogens (tertiary/aromatic N) is 3. The van der Waals surface area contributed by atoms with Crippen LogP contribution in [0.3, 0.4) is 0 Å². The molecule has 0 amide bonds. The summed E-state index contributed by atoms with van der Waals surface area (Å²) in [7, 11) is 1.69. The van der Waals surface area contributed by atoms with Gasteiger partial charge in [-0.2, -0.15) is 5.10 Å². The lowest BCUT2D eigenvalue weighted by molar-refractivity contribution is 0.190. The Balaban J connectivity index is 1.99. The van der Waals surface area contributed by atoms with Crippen LogP contribution in [0.5, 0.6) is 0 Å². The van der Waals surface area contributed by atoms with Crippen molar-refractivity contribution in [1.82, 2.24) is 19.7 Å². The number of aryl methyl sites for hydroxylation is 1. The molecule has 1 aromatic heterocycles. The molecule has 0 saturated heterocycles. The molecule has 1 N–H and O–H groups in total. The van der Waals surface area contributed by atoms with Gasteiger partial charge in [-0.15, -0.1) is 0 Å². The molecule has 0 aromatic carbocycles. The molecule has 1 aliphatic heterocycles. The van der Waals surface area contributed by atoms with Crippen LogP contribution < -0.4 is 11.0 Å². The van der Waals surface area contributed by atoms with Crippen molar-refractivity contribution >= 4 is 0 Å². The van der Waals surface area contributed by atoms with Gasteiger partial charge in [0.2, 0.25) is 0 Å². The van der Waals surface area contributed by atoms with Crippen LogP contribution in [-0.4, -0.2) is 34.6 Å². The van der Waals surface area contributed by atoms with Crippen LogP contribution >= 0.6 is 0 Å². The summed E-state index contributed by atoms with van der Waals surface area (Å²) in [6.45, 7) is 3.70. The molecule has 0 atom stereocenters. The van der Waals surface area contributed by atoms with E-state index in [0.29, 0.717) is 13.1 Å². The van der Waals surface area contributed by atoms with Gasteiger partial charge in [0, 0.05) is 33.4 Å². The maximum atomic E-state index is 11.9. The topological polar surface area (TPSA) is 61.1 Å². The molecule has 1 aromatic rings. The number of aromatic nitrogens is 3. The van der Waals surface area contributed by atoms with E-state index >= 15 is 0 Å². The van der Waals surface area contributed by atoms with Gasteiger partial charge in [0.1, 0.15) is 5.82 Å². The molecular formula is C10H18N4O2. The third-order valence-corrected chi connectivity index (χ3v) is 2.76. The Kier molecular flexibility index (Phi) is 3.74. The number of unbranched alkanes of at least 4 members (excludes halogenated alkanes) is 1. The van der Waals surface area contributed by atoms with Crippen LogP contribution in [0, 0.1) is 0 Å². The highest BCUT2D eigenvalue weighted by Gasteiger charge is 2.15. The van der Waals surface area contributed by atoms with E-state index in [9.17, 15) is 4.79 Å². The maximum Gasteiger partial charge on any atom is 0.345 e. The van der Waals surface area contributed by atoms with Crippen molar-refractivity contribution in [3.05, 3.63) is 16.3 Å². The lowest BCUT2D eigenvalue weighted by Crippen LogP contribution is -2.34. The minimum absolute atomic E-state index is 0.0221. The van der Waals surface area contributed by atoms with Crippen LogP contribution in [0.4, 0.5) is 0 Å². The number of methoxy groups -OCH3 is 1. The van der Waals surface area contributed by atoms with E-state index in [1.165, 1.54) is 0 Å². The van der Waals surface area contributed by atoms with Gasteiger partial charge < -0.3 is 10.1 Å². The van der Waals surface area contributed by atoms with E-state index in [1.807, 2.05) is 0 Å². The van der Waals surface area contributed by atoms with Gasteiger partial charge in [0.25, 0.3) is 0 Å². The SMILES string of the molecule is COCCCCn1nc2n(c1=O)CCNC2. The standard InChI is InChI=1S/C10H18N4O2/c1-16-7-3-2-5-14-10(15)13-6-4-11-8-9(13)12-14/h11H,2-8H2,1H3. The maximum absolute atomic E-state index is 11.9. The second-order valence-corrected chi connectivity index (χ2v) is 3.95. The summed E-state index contributed by atoms with van der Waals surface area (Å²) in [5.41, 5.74) is 0.0221. The summed E-state index contributed by atoms with van der Waals surface area (Å²) in [5.74, 6) is 0.850. The highest BCUT2D eigenvalue weighted by molar-refractivity contribution is 4.90. The molecule has 1 aliphatic rings. The summed E-state index contributed by atoms with van der Waals surface area (Å²) in [5, 5.41) is 7.51. The minimum Gasteiger partial charge on any atom is -0.385 e. The zero-order valence-corrected chi connectivity index (χ0v) is 9.61. The van der Waals surface area contributed by atoms with E-state index < -0.39 is 0 Å². The van der Waals surface area contributed by atoms with Gasteiger partial charge in [-0.05, 0) is 12.8 Å². The van der Waals surface area contributed by atoms with E-state index in [2.05, 4.69) is 10.4 Å². The first-order chi connectivity index (χ1) is 7.83. The number of ether oxygens (including phenoxy) is 1. The van der Waals surface area contributed by atoms with Crippen molar-refractivity contribution in [1.29, 1.82) is 0 Å². The Hall–Kier alpha value is -1.14. The average molecular weight is 226 g/mol. The third-order valence-electron chi connectivity index (χ3n) is 2.76. The fourth-order valence-electron chi connectivity index (χ4n) is 1.89. The predicted octanol–water partition coefficient (Wildman–Crippen LogP) is -0.425. The number of rotatable bonds is 5. The van der Waals surface area contributed by atoms with Crippen molar-refractivity contribution in [3.63, 3.8) is 0 Å². The number of hydrogen-bond donors (Lipinski definition) is 1. The average Bonchev–Trinajstić information content (AvgIpc) is 2.63. The molecular weight excluding hydrogens is 208 g/mol. The van der Waals surface area contributed by atoms with Crippen LogP contribution in [0.25, 0.3) is 0 Å². The van der Waals surface area contributed by atoms with Gasteiger partial charge in [-0.25, -0.2) is 9.48 Å². The van der Waals surface area contributed by atoms with Crippen LogP contribution in [0.2, 0.25) is 0 Å². The van der Waals surface area contributed by atoms with E-state index in [0.717, 1.165) is 38.4 Å². The van der Waals surface area contributed by atoms with Crippen molar-refractivity contribution < 1.29 is 4.74 Å². The van der Waals surface area contributed by atoms with Gasteiger partial charge in [-0.1, -0.05) is 0 Å². The van der Waals surface area contributed by atoms with Gasteiger partial charge in [-0.3, -0.25) is 4.57 Å². The fraction of sp³-hybridized carbons (Fsp3) is 0.800. The third kappa shape index (κ3) is 2.33. The fourth-order valence-corrected chi connectivity index (χ4v) is 1.89.